The van der Waals surface area contributed by atoms with E-state index in [1.54, 1.807) is 0 Å². The first-order chi connectivity index (χ1) is 7.93. The van der Waals surface area contributed by atoms with Crippen molar-refractivity contribution in [3.63, 3.8) is 0 Å². The largest absolute Gasteiger partial charge is 0.447 e. The fourth-order valence-electron chi connectivity index (χ4n) is 2.94. The van der Waals surface area contributed by atoms with Crippen molar-refractivity contribution in [1.29, 1.82) is 0 Å². The standard InChI is InChI=1S/C13H20N2O/c1-2-5-10(6-3-1)12-9-16-13(15-12)11-7-4-8-14-11/h9-11,14H,1-8H2/t11-/m1/s1. The Kier molecular flexibility index (Phi) is 2.96. The van der Waals surface area contributed by atoms with Crippen molar-refractivity contribution in [2.75, 3.05) is 6.54 Å². The second-order valence-electron chi connectivity index (χ2n) is 5.09. The van der Waals surface area contributed by atoms with Crippen molar-refractivity contribution < 1.29 is 4.42 Å². The SMILES string of the molecule is c1oc([C@H]2CCCN2)nc1C1CCCCC1. The van der Waals surface area contributed by atoms with Crippen molar-refractivity contribution in [3.8, 4) is 0 Å². The van der Waals surface area contributed by atoms with E-state index in [0.29, 0.717) is 12.0 Å². The third kappa shape index (κ3) is 2.01. The minimum atomic E-state index is 0.373. The number of oxazole rings is 1. The molecule has 0 amide bonds. The lowest BCUT2D eigenvalue weighted by Crippen LogP contribution is -2.13. The van der Waals surface area contributed by atoms with E-state index in [-0.39, 0.29) is 0 Å². The van der Waals surface area contributed by atoms with Gasteiger partial charge < -0.3 is 9.73 Å². The van der Waals surface area contributed by atoms with E-state index in [9.17, 15) is 0 Å². The average Bonchev–Trinajstić information content (AvgIpc) is 3.01. The minimum Gasteiger partial charge on any atom is -0.447 e. The summed E-state index contributed by atoms with van der Waals surface area (Å²) in [5.74, 6) is 1.57. The Morgan fingerprint density at radius 2 is 2.00 bits per heavy atom. The molecular weight excluding hydrogens is 200 g/mol. The molecule has 0 aromatic carbocycles. The van der Waals surface area contributed by atoms with E-state index >= 15 is 0 Å². The molecule has 1 saturated carbocycles. The number of hydrogen-bond acceptors (Lipinski definition) is 3. The molecule has 1 aliphatic carbocycles. The molecule has 88 valence electrons. The molecule has 2 heterocycles. The molecule has 0 radical (unpaired) electrons. The number of rotatable bonds is 2. The fourth-order valence-corrected chi connectivity index (χ4v) is 2.94. The smallest absolute Gasteiger partial charge is 0.211 e. The number of aromatic nitrogens is 1. The van der Waals surface area contributed by atoms with Gasteiger partial charge in [0, 0.05) is 5.92 Å². The first kappa shape index (κ1) is 10.3. The highest BCUT2D eigenvalue weighted by atomic mass is 16.3. The molecule has 0 spiro atoms. The van der Waals surface area contributed by atoms with Gasteiger partial charge >= 0.3 is 0 Å². The summed E-state index contributed by atoms with van der Waals surface area (Å²) in [6.45, 7) is 1.10. The van der Waals surface area contributed by atoms with Crippen LogP contribution in [0, 0.1) is 0 Å². The Labute approximate surface area is 96.6 Å². The van der Waals surface area contributed by atoms with Crippen LogP contribution in [0.25, 0.3) is 0 Å². The van der Waals surface area contributed by atoms with Crippen LogP contribution in [-0.4, -0.2) is 11.5 Å². The highest BCUT2D eigenvalue weighted by Gasteiger charge is 2.24. The van der Waals surface area contributed by atoms with Gasteiger partial charge in [0.25, 0.3) is 0 Å². The maximum Gasteiger partial charge on any atom is 0.211 e. The highest BCUT2D eigenvalue weighted by Crippen LogP contribution is 2.33. The third-order valence-electron chi connectivity index (χ3n) is 3.92. The first-order valence-electron chi connectivity index (χ1n) is 6.62. The van der Waals surface area contributed by atoms with Crippen LogP contribution in [-0.2, 0) is 0 Å². The van der Waals surface area contributed by atoms with Gasteiger partial charge in [-0.2, -0.15) is 0 Å². The Bertz CT molecular complexity index is 335. The maximum atomic E-state index is 5.63. The number of hydrogen-bond donors (Lipinski definition) is 1. The second kappa shape index (κ2) is 4.58. The first-order valence-corrected chi connectivity index (χ1v) is 6.62. The van der Waals surface area contributed by atoms with Crippen LogP contribution in [0.2, 0.25) is 0 Å². The predicted molar refractivity (Wildman–Crippen MR) is 62.3 cm³/mol. The van der Waals surface area contributed by atoms with Crippen molar-refractivity contribution in [3.05, 3.63) is 17.8 Å². The van der Waals surface area contributed by atoms with Gasteiger partial charge in [-0.05, 0) is 32.2 Å². The zero-order valence-electron chi connectivity index (χ0n) is 9.74. The third-order valence-corrected chi connectivity index (χ3v) is 3.92. The molecule has 1 aromatic heterocycles. The van der Waals surface area contributed by atoms with Crippen LogP contribution in [0.4, 0.5) is 0 Å². The molecule has 1 aromatic rings. The topological polar surface area (TPSA) is 38.1 Å². The Morgan fingerprint density at radius 3 is 2.75 bits per heavy atom. The van der Waals surface area contributed by atoms with Crippen LogP contribution < -0.4 is 5.32 Å². The zero-order chi connectivity index (χ0) is 10.8. The molecule has 3 nitrogen and oxygen atoms in total. The summed E-state index contributed by atoms with van der Waals surface area (Å²) in [5.41, 5.74) is 1.20. The van der Waals surface area contributed by atoms with Crippen LogP contribution >= 0.6 is 0 Å². The van der Waals surface area contributed by atoms with Gasteiger partial charge in [-0.15, -0.1) is 0 Å². The monoisotopic (exact) mass is 220 g/mol. The molecule has 1 saturated heterocycles. The molecule has 1 N–H and O–H groups in total. The van der Waals surface area contributed by atoms with Gasteiger partial charge in [0.15, 0.2) is 0 Å². The fraction of sp³-hybridized carbons (Fsp3) is 0.769. The molecule has 0 unspecified atom stereocenters. The summed E-state index contributed by atoms with van der Waals surface area (Å²) < 4.78 is 5.63. The summed E-state index contributed by atoms with van der Waals surface area (Å²) in [5, 5.41) is 3.43. The molecule has 1 aliphatic heterocycles. The molecule has 16 heavy (non-hydrogen) atoms. The van der Waals surface area contributed by atoms with Gasteiger partial charge in [-0.25, -0.2) is 4.98 Å². The molecule has 3 heteroatoms. The van der Waals surface area contributed by atoms with Crippen molar-refractivity contribution in [2.45, 2.75) is 56.9 Å². The molecule has 2 aliphatic rings. The van der Waals surface area contributed by atoms with Gasteiger partial charge in [-0.3, -0.25) is 0 Å². The van der Waals surface area contributed by atoms with Gasteiger partial charge in [0.05, 0.1) is 11.7 Å². The van der Waals surface area contributed by atoms with E-state index in [2.05, 4.69) is 10.3 Å². The number of nitrogens with one attached hydrogen (secondary N) is 1. The van der Waals surface area contributed by atoms with Crippen molar-refractivity contribution >= 4 is 0 Å². The van der Waals surface area contributed by atoms with Crippen LogP contribution in [0.3, 0.4) is 0 Å². The maximum absolute atomic E-state index is 5.63. The van der Waals surface area contributed by atoms with Gasteiger partial charge in [0.2, 0.25) is 5.89 Å². The summed E-state index contributed by atoms with van der Waals surface area (Å²) in [4.78, 5) is 4.69. The Hall–Kier alpha value is -0.830. The lowest BCUT2D eigenvalue weighted by Gasteiger charge is -2.18. The predicted octanol–water partition coefficient (Wildman–Crippen LogP) is 3.15. The molecule has 3 rings (SSSR count). The van der Waals surface area contributed by atoms with Gasteiger partial charge in [-0.1, -0.05) is 19.3 Å². The van der Waals surface area contributed by atoms with E-state index < -0.39 is 0 Å². The molecule has 1 atom stereocenters. The molecular formula is C13H20N2O. The quantitative estimate of drug-likeness (QED) is 0.832. The lowest BCUT2D eigenvalue weighted by molar-refractivity contribution is 0.427. The van der Waals surface area contributed by atoms with Crippen LogP contribution in [0.5, 0.6) is 0 Å². The summed E-state index contributed by atoms with van der Waals surface area (Å²) >= 11 is 0. The van der Waals surface area contributed by atoms with E-state index in [1.807, 2.05) is 6.26 Å². The second-order valence-corrected chi connectivity index (χ2v) is 5.09. The van der Waals surface area contributed by atoms with E-state index in [4.69, 9.17) is 4.42 Å². The lowest BCUT2D eigenvalue weighted by atomic mass is 9.87. The minimum absolute atomic E-state index is 0.373. The Morgan fingerprint density at radius 1 is 1.12 bits per heavy atom. The highest BCUT2D eigenvalue weighted by molar-refractivity contribution is 5.07. The average molecular weight is 220 g/mol. The summed E-state index contributed by atoms with van der Waals surface area (Å²) in [6.07, 6.45) is 11.0. The number of nitrogens with zero attached hydrogens (tertiary/aromatic N) is 1. The normalized spacial score (nSPS) is 27.4. The van der Waals surface area contributed by atoms with Crippen LogP contribution in [0.15, 0.2) is 10.7 Å². The summed E-state index contributed by atoms with van der Waals surface area (Å²) in [6, 6.07) is 0.373. The molecule has 0 bridgehead atoms. The summed E-state index contributed by atoms with van der Waals surface area (Å²) in [7, 11) is 0. The molecule has 2 fully saturated rings. The van der Waals surface area contributed by atoms with Crippen molar-refractivity contribution in [1.82, 2.24) is 10.3 Å². The van der Waals surface area contributed by atoms with Crippen molar-refractivity contribution in [2.24, 2.45) is 0 Å². The zero-order valence-corrected chi connectivity index (χ0v) is 9.74. The Balaban J connectivity index is 1.71. The van der Waals surface area contributed by atoms with Crippen LogP contribution in [0.1, 0.15) is 68.5 Å². The van der Waals surface area contributed by atoms with Gasteiger partial charge in [0.1, 0.15) is 6.26 Å². The van der Waals surface area contributed by atoms with E-state index in [1.165, 1.54) is 50.6 Å². The van der Waals surface area contributed by atoms with E-state index in [0.717, 1.165) is 12.4 Å².